The average molecular weight is 841 g/mol. The van der Waals surface area contributed by atoms with Crippen LogP contribution in [0.1, 0.15) is 68.1 Å². The summed E-state index contributed by atoms with van der Waals surface area (Å²) in [5, 5.41) is 4.00. The second-order valence-corrected chi connectivity index (χ2v) is 20.4. The Balaban J connectivity index is 0.984. The molecule has 2 heterocycles. The van der Waals surface area contributed by atoms with E-state index in [0.29, 0.717) is 5.92 Å². The van der Waals surface area contributed by atoms with Crippen LogP contribution in [0.15, 0.2) is 176 Å². The third-order valence-electron chi connectivity index (χ3n) is 14.9. The Morgan fingerprint density at radius 3 is 1.95 bits per heavy atom. The zero-order valence-corrected chi connectivity index (χ0v) is 37.7. The van der Waals surface area contributed by atoms with Crippen molar-refractivity contribution < 1.29 is 0 Å². The zero-order valence-electron chi connectivity index (χ0n) is 36.9. The number of anilines is 3. The van der Waals surface area contributed by atoms with Gasteiger partial charge in [-0.15, -0.1) is 11.3 Å². The lowest BCUT2D eigenvalue weighted by atomic mass is 9.81. The Kier molecular flexibility index (Phi) is 7.95. The lowest BCUT2D eigenvalue weighted by molar-refractivity contribution is 0.659. The molecule has 10 aromatic rings. The third kappa shape index (κ3) is 5.25. The lowest BCUT2D eigenvalue weighted by Crippen LogP contribution is -2.19. The molecule has 3 heteroatoms. The summed E-state index contributed by atoms with van der Waals surface area (Å²) in [7, 11) is 0. The Hall–Kier alpha value is -6.94. The number of hydrogen-bond acceptors (Lipinski definition) is 2. The number of benzene rings is 8. The molecule has 0 saturated carbocycles. The monoisotopic (exact) mass is 840 g/mol. The molecule has 1 atom stereocenters. The molecule has 0 amide bonds. The van der Waals surface area contributed by atoms with Gasteiger partial charge in [0.2, 0.25) is 0 Å². The number of nitrogens with zero attached hydrogens (tertiary/aromatic N) is 2. The highest BCUT2D eigenvalue weighted by Crippen LogP contribution is 2.56. The van der Waals surface area contributed by atoms with Crippen LogP contribution in [-0.4, -0.2) is 4.57 Å². The Bertz CT molecular complexity index is 3600. The van der Waals surface area contributed by atoms with Crippen molar-refractivity contribution in [3.05, 3.63) is 209 Å². The summed E-state index contributed by atoms with van der Waals surface area (Å²) in [4.78, 5) is 2.50. The van der Waals surface area contributed by atoms with Gasteiger partial charge in [-0.05, 0) is 123 Å². The summed E-state index contributed by atoms with van der Waals surface area (Å²) in [6, 6.07) is 64.1. The van der Waals surface area contributed by atoms with Gasteiger partial charge in [0, 0.05) is 70.4 Å². The predicted molar refractivity (Wildman–Crippen MR) is 273 cm³/mol. The van der Waals surface area contributed by atoms with Gasteiger partial charge in [0.15, 0.2) is 0 Å². The minimum atomic E-state index is -0.261. The summed E-state index contributed by atoms with van der Waals surface area (Å²) in [5.74, 6) is 0.489. The molecule has 2 aromatic heterocycles. The maximum Gasteiger partial charge on any atom is 0.0584 e. The molecule has 0 N–H and O–H groups in total. The maximum absolute atomic E-state index is 2.59. The summed E-state index contributed by atoms with van der Waals surface area (Å²) in [6.07, 6.45) is 5.80. The van der Waals surface area contributed by atoms with Crippen LogP contribution in [0.2, 0.25) is 0 Å². The molecular weight excluding hydrogens is 793 g/mol. The number of allylic oxidation sites excluding steroid dienone is 1. The average Bonchev–Trinajstić information content (AvgIpc) is 4.00. The van der Waals surface area contributed by atoms with E-state index in [0.717, 1.165) is 17.8 Å². The van der Waals surface area contributed by atoms with E-state index < -0.39 is 0 Å². The van der Waals surface area contributed by atoms with Crippen LogP contribution in [0, 0.1) is 5.92 Å². The van der Waals surface area contributed by atoms with E-state index in [1.807, 2.05) is 11.3 Å². The fourth-order valence-electron chi connectivity index (χ4n) is 11.8. The number of rotatable bonds is 5. The van der Waals surface area contributed by atoms with Gasteiger partial charge in [0.1, 0.15) is 0 Å². The summed E-state index contributed by atoms with van der Waals surface area (Å²) in [5.41, 5.74) is 21.8. The highest BCUT2D eigenvalue weighted by atomic mass is 32.1. The Morgan fingerprint density at radius 2 is 1.16 bits per heavy atom. The number of aromatic nitrogens is 1. The van der Waals surface area contributed by atoms with Gasteiger partial charge in [0.25, 0.3) is 0 Å². The molecule has 3 aliphatic carbocycles. The summed E-state index contributed by atoms with van der Waals surface area (Å²) in [6.45, 7) is 12.0. The molecule has 0 bridgehead atoms. The number of hydrogen-bond donors (Lipinski definition) is 0. The minimum absolute atomic E-state index is 0.118. The van der Waals surface area contributed by atoms with E-state index in [1.165, 1.54) is 109 Å². The molecule has 0 spiro atoms. The van der Waals surface area contributed by atoms with E-state index in [2.05, 4.69) is 226 Å². The van der Waals surface area contributed by atoms with Crippen molar-refractivity contribution in [1.29, 1.82) is 0 Å². The van der Waals surface area contributed by atoms with Crippen molar-refractivity contribution in [3.63, 3.8) is 0 Å². The van der Waals surface area contributed by atoms with E-state index >= 15 is 0 Å². The molecule has 0 aliphatic heterocycles. The van der Waals surface area contributed by atoms with Crippen LogP contribution >= 0.6 is 11.3 Å². The van der Waals surface area contributed by atoms with Gasteiger partial charge < -0.3 is 9.47 Å². The first-order chi connectivity index (χ1) is 31.2. The first-order valence-corrected chi connectivity index (χ1v) is 23.6. The lowest BCUT2D eigenvalue weighted by Gasteiger charge is -2.30. The highest BCUT2D eigenvalue weighted by Gasteiger charge is 2.41. The molecule has 13 rings (SSSR count). The van der Waals surface area contributed by atoms with Gasteiger partial charge in [-0.25, -0.2) is 0 Å². The standard InChI is InChI=1S/C61H48N2S/c1-37-22-29-47-50-33-32-49-46-31-28-42(36-54(46)61(4,5)57(49)58(50)63(55(47)34-37)39-14-7-6-8-15-39)62(41-27-30-45-44-16-9-11-20-52(44)60(2,3)53(45)35-41)40-25-23-38(24-26-40)43-18-13-19-51-48-17-10-12-21-56(48)64-59(43)51/h6-33,35-37H,34H2,1-5H3. The van der Waals surface area contributed by atoms with Crippen molar-refractivity contribution >= 4 is 65.6 Å². The fourth-order valence-corrected chi connectivity index (χ4v) is 13.0. The fraction of sp³-hybridized carbons (Fsp3) is 0.148. The topological polar surface area (TPSA) is 8.17 Å². The van der Waals surface area contributed by atoms with Gasteiger partial charge in [-0.2, -0.15) is 0 Å². The molecule has 0 fully saturated rings. The van der Waals surface area contributed by atoms with E-state index in [9.17, 15) is 0 Å². The molecule has 1 unspecified atom stereocenters. The molecule has 308 valence electrons. The van der Waals surface area contributed by atoms with Crippen molar-refractivity contribution in [3.8, 4) is 39.1 Å². The van der Waals surface area contributed by atoms with Crippen LogP contribution in [-0.2, 0) is 17.3 Å². The second-order valence-electron chi connectivity index (χ2n) is 19.4. The Labute approximate surface area is 379 Å². The highest BCUT2D eigenvalue weighted by molar-refractivity contribution is 7.26. The van der Waals surface area contributed by atoms with Gasteiger partial charge in [-0.1, -0.05) is 162 Å². The first kappa shape index (κ1) is 37.6. The Morgan fingerprint density at radius 1 is 0.531 bits per heavy atom. The van der Waals surface area contributed by atoms with Crippen molar-refractivity contribution in [2.45, 2.75) is 51.9 Å². The quantitative estimate of drug-likeness (QED) is 0.168. The van der Waals surface area contributed by atoms with Crippen LogP contribution in [0.4, 0.5) is 17.1 Å². The van der Waals surface area contributed by atoms with Gasteiger partial charge in [0.05, 0.1) is 5.52 Å². The molecule has 0 radical (unpaired) electrons. The van der Waals surface area contributed by atoms with Crippen LogP contribution in [0.25, 0.3) is 76.2 Å². The van der Waals surface area contributed by atoms with Crippen molar-refractivity contribution in [1.82, 2.24) is 4.57 Å². The SMILES string of the molecule is CC1C=Cc2c(n(-c3ccccc3)c3c4c(ccc23)-c2ccc(N(c3ccc(-c5cccc6c5sc5ccccc56)cc3)c3ccc5c(c3)C(C)(C)c3ccccc3-5)cc2C4(C)C)C1. The van der Waals surface area contributed by atoms with Crippen molar-refractivity contribution in [2.75, 3.05) is 4.90 Å². The van der Waals surface area contributed by atoms with Gasteiger partial charge >= 0.3 is 0 Å². The van der Waals surface area contributed by atoms with Crippen LogP contribution in [0.5, 0.6) is 0 Å². The first-order valence-electron chi connectivity index (χ1n) is 22.8. The molecule has 0 saturated heterocycles. The normalized spacial score (nSPS) is 16.2. The number of para-hydroxylation sites is 1. The third-order valence-corrected chi connectivity index (χ3v) is 16.1. The molecule has 8 aromatic carbocycles. The molecular formula is C61H48N2S. The van der Waals surface area contributed by atoms with E-state index in [-0.39, 0.29) is 10.8 Å². The summed E-state index contributed by atoms with van der Waals surface area (Å²) < 4.78 is 5.26. The van der Waals surface area contributed by atoms with Crippen molar-refractivity contribution in [2.24, 2.45) is 5.92 Å². The number of fused-ring (bicyclic) bond motifs is 13. The molecule has 64 heavy (non-hydrogen) atoms. The smallest absolute Gasteiger partial charge is 0.0584 e. The summed E-state index contributed by atoms with van der Waals surface area (Å²) >= 11 is 1.89. The van der Waals surface area contributed by atoms with E-state index in [1.54, 1.807) is 0 Å². The van der Waals surface area contributed by atoms with Crippen LogP contribution in [0.3, 0.4) is 0 Å². The van der Waals surface area contributed by atoms with E-state index in [4.69, 9.17) is 0 Å². The second kappa shape index (κ2) is 13.5. The van der Waals surface area contributed by atoms with Crippen LogP contribution < -0.4 is 4.90 Å². The molecule has 2 nitrogen and oxygen atoms in total. The number of thiophene rings is 1. The largest absolute Gasteiger partial charge is 0.313 e. The zero-order chi connectivity index (χ0) is 43.1. The minimum Gasteiger partial charge on any atom is -0.313 e. The van der Waals surface area contributed by atoms with Gasteiger partial charge in [-0.3, -0.25) is 0 Å². The molecule has 3 aliphatic rings. The maximum atomic E-state index is 2.59. The predicted octanol–water partition coefficient (Wildman–Crippen LogP) is 17.0.